The first-order valence-electron chi connectivity index (χ1n) is 5.77. The van der Waals surface area contributed by atoms with Gasteiger partial charge in [0.2, 0.25) is 5.88 Å². The average Bonchev–Trinajstić information content (AvgIpc) is 2.30. The highest BCUT2D eigenvalue weighted by Gasteiger charge is 2.32. The number of ether oxygens (including phenoxy) is 1. The van der Waals surface area contributed by atoms with Gasteiger partial charge in [-0.15, -0.1) is 0 Å². The highest BCUT2D eigenvalue weighted by Crippen LogP contribution is 2.33. The Labute approximate surface area is 111 Å². The largest absolute Gasteiger partial charge is 0.463 e. The summed E-state index contributed by atoms with van der Waals surface area (Å²) < 4.78 is 5.46. The second-order valence-electron chi connectivity index (χ2n) is 4.53. The molecule has 0 N–H and O–H groups in total. The maximum Gasteiger partial charge on any atom is 0.268 e. The molecule has 1 aromatic rings. The first kappa shape index (κ1) is 13.1. The molecule has 0 bridgehead atoms. The smallest absolute Gasteiger partial charge is 0.268 e. The summed E-state index contributed by atoms with van der Waals surface area (Å²) >= 11 is 5.92. The highest BCUT2D eigenvalue weighted by molar-refractivity contribution is 6.30. The van der Waals surface area contributed by atoms with E-state index in [1.165, 1.54) is 6.20 Å². The van der Waals surface area contributed by atoms with Crippen LogP contribution >= 0.6 is 11.6 Å². The zero-order valence-corrected chi connectivity index (χ0v) is 11.4. The quantitative estimate of drug-likeness (QED) is 0.832. The number of nitrogens with zero attached hydrogens (tertiary/aromatic N) is 3. The number of pyridine rings is 1. The van der Waals surface area contributed by atoms with Gasteiger partial charge in [-0.1, -0.05) is 11.6 Å². The van der Waals surface area contributed by atoms with E-state index in [0.717, 1.165) is 6.54 Å². The monoisotopic (exact) mass is 269 g/mol. The normalized spacial score (nSPS) is 18.8. The molecule has 0 aromatic carbocycles. The number of hydrogen-bond acceptors (Lipinski definition) is 4. The van der Waals surface area contributed by atoms with E-state index in [0.29, 0.717) is 23.1 Å². The molecule has 5 nitrogen and oxygen atoms in total. The Morgan fingerprint density at radius 1 is 1.56 bits per heavy atom. The Bertz CT molecular complexity index is 465. The van der Waals surface area contributed by atoms with Gasteiger partial charge in [0, 0.05) is 19.3 Å². The Balaban J connectivity index is 2.31. The van der Waals surface area contributed by atoms with Crippen LogP contribution in [0.3, 0.4) is 0 Å². The van der Waals surface area contributed by atoms with Crippen LogP contribution in [0.5, 0.6) is 5.88 Å². The van der Waals surface area contributed by atoms with Crippen molar-refractivity contribution in [3.63, 3.8) is 0 Å². The molecule has 98 valence electrons. The van der Waals surface area contributed by atoms with E-state index in [9.17, 15) is 4.79 Å². The van der Waals surface area contributed by atoms with Gasteiger partial charge in [0.25, 0.3) is 5.91 Å². The molecule has 1 aliphatic heterocycles. The third-order valence-electron chi connectivity index (χ3n) is 2.76. The van der Waals surface area contributed by atoms with Crippen molar-refractivity contribution in [2.75, 3.05) is 32.1 Å². The van der Waals surface area contributed by atoms with Crippen molar-refractivity contribution >= 4 is 23.2 Å². The van der Waals surface area contributed by atoms with Gasteiger partial charge >= 0.3 is 0 Å². The Kier molecular flexibility index (Phi) is 3.73. The SMILES string of the molecule is C[C@@H]1Oc2ncc(Cl)cc2N(CCN(C)C)C1=O. The first-order chi connectivity index (χ1) is 8.49. The van der Waals surface area contributed by atoms with E-state index >= 15 is 0 Å². The molecule has 1 amide bonds. The summed E-state index contributed by atoms with van der Waals surface area (Å²) in [4.78, 5) is 19.9. The van der Waals surface area contributed by atoms with Crippen LogP contribution in [0.1, 0.15) is 6.92 Å². The number of halogens is 1. The number of rotatable bonds is 3. The van der Waals surface area contributed by atoms with Crippen molar-refractivity contribution in [3.05, 3.63) is 17.3 Å². The summed E-state index contributed by atoms with van der Waals surface area (Å²) in [5, 5.41) is 0.495. The third-order valence-corrected chi connectivity index (χ3v) is 2.97. The summed E-state index contributed by atoms with van der Waals surface area (Å²) in [6.07, 6.45) is 1.01. The van der Waals surface area contributed by atoms with Gasteiger partial charge in [-0.25, -0.2) is 4.98 Å². The van der Waals surface area contributed by atoms with Crippen LogP contribution in [0.15, 0.2) is 12.3 Å². The lowest BCUT2D eigenvalue weighted by Gasteiger charge is -2.32. The van der Waals surface area contributed by atoms with Crippen LogP contribution < -0.4 is 9.64 Å². The molecule has 1 atom stereocenters. The Hall–Kier alpha value is -1.33. The van der Waals surface area contributed by atoms with Crippen LogP contribution in [0.4, 0.5) is 5.69 Å². The summed E-state index contributed by atoms with van der Waals surface area (Å²) in [5.41, 5.74) is 0.646. The molecule has 0 unspecified atom stereocenters. The topological polar surface area (TPSA) is 45.7 Å². The first-order valence-corrected chi connectivity index (χ1v) is 6.15. The molecule has 1 aliphatic rings. The second kappa shape index (κ2) is 5.12. The highest BCUT2D eigenvalue weighted by atomic mass is 35.5. The van der Waals surface area contributed by atoms with Crippen molar-refractivity contribution in [2.24, 2.45) is 0 Å². The predicted octanol–water partition coefficient (Wildman–Crippen LogP) is 1.41. The molecular weight excluding hydrogens is 254 g/mol. The van der Waals surface area contributed by atoms with Crippen LogP contribution in [0, 0.1) is 0 Å². The maximum absolute atomic E-state index is 12.1. The lowest BCUT2D eigenvalue weighted by molar-refractivity contribution is -0.125. The van der Waals surface area contributed by atoms with Crippen LogP contribution in [-0.2, 0) is 4.79 Å². The number of likely N-dealkylation sites (N-methyl/N-ethyl adjacent to an activating group) is 1. The summed E-state index contributed by atoms with van der Waals surface area (Å²) in [6.45, 7) is 3.09. The zero-order valence-electron chi connectivity index (χ0n) is 10.7. The molecule has 2 rings (SSSR count). The molecule has 0 saturated carbocycles. The molecule has 1 aromatic heterocycles. The molecule has 6 heteroatoms. The fraction of sp³-hybridized carbons (Fsp3) is 0.500. The number of fused-ring (bicyclic) bond motifs is 1. The predicted molar refractivity (Wildman–Crippen MR) is 70.2 cm³/mol. The van der Waals surface area contributed by atoms with E-state index in [4.69, 9.17) is 16.3 Å². The van der Waals surface area contributed by atoms with E-state index in [1.54, 1.807) is 17.9 Å². The van der Waals surface area contributed by atoms with Crippen molar-refractivity contribution in [2.45, 2.75) is 13.0 Å². The van der Waals surface area contributed by atoms with Gasteiger partial charge in [-0.05, 0) is 27.1 Å². The molecule has 2 heterocycles. The second-order valence-corrected chi connectivity index (χ2v) is 4.97. The van der Waals surface area contributed by atoms with Crippen LogP contribution in [0.25, 0.3) is 0 Å². The fourth-order valence-electron chi connectivity index (χ4n) is 1.79. The van der Waals surface area contributed by atoms with Gasteiger partial charge in [-0.3, -0.25) is 4.79 Å². The number of carbonyl (C=O) groups is 1. The Morgan fingerprint density at radius 2 is 2.28 bits per heavy atom. The number of anilines is 1. The number of hydrogen-bond donors (Lipinski definition) is 0. The molecule has 0 radical (unpaired) electrons. The van der Waals surface area contributed by atoms with Crippen LogP contribution in [-0.4, -0.2) is 49.1 Å². The molecular formula is C12H16ClN3O2. The summed E-state index contributed by atoms with van der Waals surface area (Å²) in [7, 11) is 3.93. The van der Waals surface area contributed by atoms with Gasteiger partial charge in [-0.2, -0.15) is 0 Å². The van der Waals surface area contributed by atoms with Gasteiger partial charge < -0.3 is 14.5 Å². The fourth-order valence-corrected chi connectivity index (χ4v) is 1.94. The number of aromatic nitrogens is 1. The lowest BCUT2D eigenvalue weighted by Crippen LogP contribution is -2.47. The minimum atomic E-state index is -0.506. The van der Waals surface area contributed by atoms with E-state index in [2.05, 4.69) is 4.98 Å². The maximum atomic E-state index is 12.1. The van der Waals surface area contributed by atoms with Gasteiger partial charge in [0.15, 0.2) is 6.10 Å². The van der Waals surface area contributed by atoms with Gasteiger partial charge in [0.1, 0.15) is 5.69 Å². The van der Waals surface area contributed by atoms with Crippen molar-refractivity contribution in [1.29, 1.82) is 0 Å². The number of amides is 1. The average molecular weight is 270 g/mol. The van der Waals surface area contributed by atoms with Crippen LogP contribution in [0.2, 0.25) is 5.02 Å². The van der Waals surface area contributed by atoms with Crippen molar-refractivity contribution < 1.29 is 9.53 Å². The van der Waals surface area contributed by atoms with E-state index in [-0.39, 0.29) is 5.91 Å². The molecule has 18 heavy (non-hydrogen) atoms. The van der Waals surface area contributed by atoms with Crippen molar-refractivity contribution in [1.82, 2.24) is 9.88 Å². The standard InChI is InChI=1S/C12H16ClN3O2/c1-8-12(17)16(5-4-15(2)3)10-6-9(13)7-14-11(10)18-8/h6-8H,4-5H2,1-3H3/t8-/m0/s1. The minimum absolute atomic E-state index is 0.0617. The third kappa shape index (κ3) is 2.57. The minimum Gasteiger partial charge on any atom is -0.463 e. The van der Waals surface area contributed by atoms with Crippen molar-refractivity contribution in [3.8, 4) is 5.88 Å². The van der Waals surface area contributed by atoms with Gasteiger partial charge in [0.05, 0.1) is 5.02 Å². The molecule has 0 fully saturated rings. The number of carbonyl (C=O) groups excluding carboxylic acids is 1. The molecule has 0 aliphatic carbocycles. The summed E-state index contributed by atoms with van der Waals surface area (Å²) in [6, 6.07) is 1.71. The lowest BCUT2D eigenvalue weighted by atomic mass is 10.2. The zero-order chi connectivity index (χ0) is 13.3. The molecule has 0 spiro atoms. The summed E-state index contributed by atoms with van der Waals surface area (Å²) in [5.74, 6) is 0.402. The van der Waals surface area contributed by atoms with E-state index < -0.39 is 6.10 Å². The molecule has 0 saturated heterocycles. The van der Waals surface area contributed by atoms with E-state index in [1.807, 2.05) is 19.0 Å². The Morgan fingerprint density at radius 3 is 2.94 bits per heavy atom.